The van der Waals surface area contributed by atoms with Crippen molar-refractivity contribution in [1.82, 2.24) is 0 Å². The molecular formula is C17H16O4S. The zero-order valence-corrected chi connectivity index (χ0v) is 12.8. The third-order valence-electron chi connectivity index (χ3n) is 3.19. The number of rotatable bonds is 8. The van der Waals surface area contributed by atoms with Crippen LogP contribution in [0.4, 0.5) is 0 Å². The van der Waals surface area contributed by atoms with Crippen LogP contribution in [0.1, 0.15) is 32.9 Å². The quantitative estimate of drug-likeness (QED) is 0.425. The van der Waals surface area contributed by atoms with E-state index in [1.165, 1.54) is 11.3 Å². The lowest BCUT2D eigenvalue weighted by molar-refractivity contribution is -0.108. The Morgan fingerprint density at radius 1 is 1.14 bits per heavy atom. The van der Waals surface area contributed by atoms with Crippen LogP contribution in [0.25, 0.3) is 0 Å². The smallest absolute Gasteiger partial charge is 0.338 e. The summed E-state index contributed by atoms with van der Waals surface area (Å²) in [4.78, 5) is 35.5. The van der Waals surface area contributed by atoms with Gasteiger partial charge in [-0.1, -0.05) is 24.3 Å². The third-order valence-corrected chi connectivity index (χ3v) is 4.08. The van der Waals surface area contributed by atoms with Gasteiger partial charge in [0.05, 0.1) is 16.4 Å². The van der Waals surface area contributed by atoms with Crippen LogP contribution >= 0.6 is 11.3 Å². The fourth-order valence-electron chi connectivity index (χ4n) is 2.01. The highest BCUT2D eigenvalue weighted by atomic mass is 32.1. The number of esters is 1. The van der Waals surface area contributed by atoms with Crippen molar-refractivity contribution in [2.45, 2.75) is 12.8 Å². The zero-order valence-electron chi connectivity index (χ0n) is 11.9. The van der Waals surface area contributed by atoms with Crippen molar-refractivity contribution < 1.29 is 19.1 Å². The van der Waals surface area contributed by atoms with E-state index in [9.17, 15) is 14.4 Å². The summed E-state index contributed by atoms with van der Waals surface area (Å²) in [7, 11) is 0. The lowest BCUT2D eigenvalue weighted by atomic mass is 9.98. The first-order valence-electron chi connectivity index (χ1n) is 6.96. The fourth-order valence-corrected chi connectivity index (χ4v) is 2.76. The van der Waals surface area contributed by atoms with Gasteiger partial charge in [-0.3, -0.25) is 4.79 Å². The average Bonchev–Trinajstić information content (AvgIpc) is 3.09. The number of hydrogen-bond acceptors (Lipinski definition) is 5. The van der Waals surface area contributed by atoms with Crippen molar-refractivity contribution >= 4 is 29.4 Å². The summed E-state index contributed by atoms with van der Waals surface area (Å²) in [6, 6.07) is 12.1. The van der Waals surface area contributed by atoms with Crippen molar-refractivity contribution in [2.75, 3.05) is 6.61 Å². The van der Waals surface area contributed by atoms with E-state index in [2.05, 4.69) is 0 Å². The Bertz CT molecular complexity index is 619. The molecular weight excluding hydrogens is 300 g/mol. The van der Waals surface area contributed by atoms with E-state index in [0.717, 1.165) is 6.29 Å². The number of benzene rings is 1. The lowest BCUT2D eigenvalue weighted by Crippen LogP contribution is -2.22. The van der Waals surface area contributed by atoms with Gasteiger partial charge in [0.15, 0.2) is 5.78 Å². The zero-order chi connectivity index (χ0) is 15.8. The molecule has 0 radical (unpaired) electrons. The molecule has 5 heteroatoms. The van der Waals surface area contributed by atoms with Crippen molar-refractivity contribution in [1.29, 1.82) is 0 Å². The Kier molecular flexibility index (Phi) is 6.03. The van der Waals surface area contributed by atoms with Gasteiger partial charge < -0.3 is 9.53 Å². The van der Waals surface area contributed by atoms with E-state index >= 15 is 0 Å². The first-order valence-corrected chi connectivity index (χ1v) is 7.84. The Hall–Kier alpha value is -2.27. The van der Waals surface area contributed by atoms with Crippen LogP contribution in [0.2, 0.25) is 0 Å². The van der Waals surface area contributed by atoms with Crippen molar-refractivity contribution in [3.8, 4) is 0 Å². The molecule has 1 aromatic heterocycles. The average molecular weight is 316 g/mol. The molecule has 0 N–H and O–H groups in total. The highest BCUT2D eigenvalue weighted by Crippen LogP contribution is 2.19. The van der Waals surface area contributed by atoms with Crippen LogP contribution in [-0.4, -0.2) is 24.6 Å². The molecule has 0 aliphatic heterocycles. The summed E-state index contributed by atoms with van der Waals surface area (Å²) in [6.07, 6.45) is 1.42. The topological polar surface area (TPSA) is 60.4 Å². The molecule has 1 heterocycles. The number of ether oxygens (including phenoxy) is 1. The Balaban J connectivity index is 1.99. The van der Waals surface area contributed by atoms with Crippen molar-refractivity contribution in [3.63, 3.8) is 0 Å². The number of aldehydes is 1. The molecule has 114 valence electrons. The fraction of sp³-hybridized carbons (Fsp3) is 0.235. The van der Waals surface area contributed by atoms with Gasteiger partial charge in [-0.2, -0.15) is 0 Å². The summed E-state index contributed by atoms with van der Waals surface area (Å²) in [5.41, 5.74) is 0.445. The van der Waals surface area contributed by atoms with Gasteiger partial charge in [-0.25, -0.2) is 4.79 Å². The molecule has 0 aliphatic carbocycles. The van der Waals surface area contributed by atoms with Gasteiger partial charge in [-0.05, 0) is 30.0 Å². The number of Topliss-reactive ketones (excluding diaryl/α,β-unsaturated/α-hetero) is 1. The van der Waals surface area contributed by atoms with Crippen LogP contribution in [0, 0.1) is 5.92 Å². The van der Waals surface area contributed by atoms with E-state index < -0.39 is 11.9 Å². The molecule has 2 aromatic rings. The van der Waals surface area contributed by atoms with E-state index in [1.54, 1.807) is 36.4 Å². The SMILES string of the molecule is O=CCCC(COC(=O)c1ccccc1)C(=O)c1cccs1. The van der Waals surface area contributed by atoms with E-state index in [1.807, 2.05) is 11.4 Å². The summed E-state index contributed by atoms with van der Waals surface area (Å²) in [5.74, 6) is -1.04. The Labute approximate surface area is 132 Å². The standard InChI is InChI=1S/C17H16O4S/c18-10-4-8-14(16(19)15-9-5-11-22-15)12-21-17(20)13-6-2-1-3-7-13/h1-3,5-7,9-11,14H,4,8,12H2. The normalized spacial score (nSPS) is 11.6. The highest BCUT2D eigenvalue weighted by molar-refractivity contribution is 7.12. The summed E-state index contributed by atoms with van der Waals surface area (Å²) in [5, 5.41) is 1.82. The second-order valence-electron chi connectivity index (χ2n) is 4.75. The molecule has 1 unspecified atom stereocenters. The minimum absolute atomic E-state index is 0.0156. The van der Waals surface area contributed by atoms with Crippen molar-refractivity contribution in [2.24, 2.45) is 5.92 Å². The van der Waals surface area contributed by atoms with Gasteiger partial charge in [-0.15, -0.1) is 11.3 Å². The number of ketones is 1. The van der Waals surface area contributed by atoms with E-state index in [-0.39, 0.29) is 18.8 Å². The number of thiophene rings is 1. The second-order valence-corrected chi connectivity index (χ2v) is 5.69. The first kappa shape index (κ1) is 16.1. The van der Waals surface area contributed by atoms with Gasteiger partial charge >= 0.3 is 5.97 Å². The maximum atomic E-state index is 12.4. The third kappa shape index (κ3) is 4.36. The molecule has 0 bridgehead atoms. The van der Waals surface area contributed by atoms with Crippen molar-refractivity contribution in [3.05, 3.63) is 58.3 Å². The molecule has 0 amide bonds. The van der Waals surface area contributed by atoms with Crippen LogP contribution in [0.15, 0.2) is 47.8 Å². The van der Waals surface area contributed by atoms with Crippen LogP contribution in [0.5, 0.6) is 0 Å². The predicted molar refractivity (Wildman–Crippen MR) is 84.2 cm³/mol. The minimum atomic E-state index is -0.489. The lowest BCUT2D eigenvalue weighted by Gasteiger charge is -2.14. The molecule has 1 aromatic carbocycles. The van der Waals surface area contributed by atoms with E-state index in [0.29, 0.717) is 16.9 Å². The number of carbonyl (C=O) groups is 3. The molecule has 0 spiro atoms. The summed E-state index contributed by atoms with van der Waals surface area (Å²) < 4.78 is 5.24. The predicted octanol–water partition coefficient (Wildman–Crippen LogP) is 3.38. The van der Waals surface area contributed by atoms with Crippen LogP contribution in [0.3, 0.4) is 0 Å². The van der Waals surface area contributed by atoms with Gasteiger partial charge in [0.2, 0.25) is 0 Å². The molecule has 0 fully saturated rings. The maximum Gasteiger partial charge on any atom is 0.338 e. The van der Waals surface area contributed by atoms with Crippen LogP contribution < -0.4 is 0 Å². The van der Waals surface area contributed by atoms with E-state index in [4.69, 9.17) is 4.74 Å². The molecule has 22 heavy (non-hydrogen) atoms. The Morgan fingerprint density at radius 2 is 1.91 bits per heavy atom. The minimum Gasteiger partial charge on any atom is -0.461 e. The molecule has 4 nitrogen and oxygen atoms in total. The summed E-state index contributed by atoms with van der Waals surface area (Å²) in [6.45, 7) is -0.0156. The monoisotopic (exact) mass is 316 g/mol. The molecule has 0 aliphatic rings. The molecule has 2 rings (SSSR count). The molecule has 0 saturated carbocycles. The number of hydrogen-bond donors (Lipinski definition) is 0. The summed E-state index contributed by atoms with van der Waals surface area (Å²) >= 11 is 1.35. The highest BCUT2D eigenvalue weighted by Gasteiger charge is 2.22. The van der Waals surface area contributed by atoms with Gasteiger partial charge in [0.1, 0.15) is 12.9 Å². The van der Waals surface area contributed by atoms with Gasteiger partial charge in [0.25, 0.3) is 0 Å². The maximum absolute atomic E-state index is 12.4. The largest absolute Gasteiger partial charge is 0.461 e. The number of carbonyl (C=O) groups excluding carboxylic acids is 3. The van der Waals surface area contributed by atoms with Gasteiger partial charge in [0, 0.05) is 6.42 Å². The Morgan fingerprint density at radius 3 is 2.55 bits per heavy atom. The first-order chi connectivity index (χ1) is 10.7. The second kappa shape index (κ2) is 8.24. The molecule has 1 atom stereocenters. The van der Waals surface area contributed by atoms with Crippen LogP contribution in [-0.2, 0) is 9.53 Å². The molecule has 0 saturated heterocycles.